The van der Waals surface area contributed by atoms with E-state index < -0.39 is 6.04 Å². The fourth-order valence-electron chi connectivity index (χ4n) is 4.59. The van der Waals surface area contributed by atoms with Crippen molar-refractivity contribution in [3.63, 3.8) is 0 Å². The van der Waals surface area contributed by atoms with Crippen LogP contribution < -0.4 is 10.1 Å². The van der Waals surface area contributed by atoms with Crippen molar-refractivity contribution in [2.75, 3.05) is 66.3 Å². The monoisotopic (exact) mass is 517 g/mol. The van der Waals surface area contributed by atoms with Crippen LogP contribution in [-0.4, -0.2) is 105 Å². The van der Waals surface area contributed by atoms with E-state index in [1.54, 1.807) is 24.1 Å². The third kappa shape index (κ3) is 8.07. The number of amides is 2. The van der Waals surface area contributed by atoms with Gasteiger partial charge in [0.05, 0.1) is 30.8 Å². The minimum atomic E-state index is -0.626. The lowest BCUT2D eigenvalue weighted by molar-refractivity contribution is -0.155. The maximum absolute atomic E-state index is 13.2. The number of carbonyl (C=O) groups is 2. The lowest BCUT2D eigenvalue weighted by Crippen LogP contribution is -2.61. The normalized spacial score (nSPS) is 23.4. The van der Waals surface area contributed by atoms with Crippen LogP contribution in [0.4, 0.5) is 0 Å². The standard InChI is InChI=1S/C23H36ClN3O6S/c1-31-15-19-23(30)26(9-10-27(19)21(29)16-33-22-7-6-20(24)34-22)14-17-2-4-18(5-3-17)25-8-12-32-13-11-28/h6-7,17-19,25,28H,2-5,8-16H2,1H3/t17-,18+,19-/m0/s1. The maximum Gasteiger partial charge on any atom is 0.261 e. The van der Waals surface area contributed by atoms with Gasteiger partial charge in [0, 0.05) is 39.3 Å². The SMILES string of the molecule is COC[C@H]1C(=O)N(C[C@H]2CC[C@@H](NCCOCCO)CC2)CCN1C(=O)COc1ccc(Cl)s1. The van der Waals surface area contributed by atoms with Gasteiger partial charge in [0.1, 0.15) is 6.04 Å². The molecule has 2 N–H and O–H groups in total. The summed E-state index contributed by atoms with van der Waals surface area (Å²) in [5.74, 6) is 0.181. The topological polar surface area (TPSA) is 101 Å². The largest absolute Gasteiger partial charge is 0.474 e. The van der Waals surface area contributed by atoms with Gasteiger partial charge in [-0.2, -0.15) is 0 Å². The molecule has 2 amide bonds. The quantitative estimate of drug-likeness (QED) is 0.383. The molecule has 1 saturated heterocycles. The van der Waals surface area contributed by atoms with Crippen molar-refractivity contribution in [3.8, 4) is 5.06 Å². The van der Waals surface area contributed by atoms with E-state index in [-0.39, 0.29) is 31.6 Å². The number of ether oxygens (including phenoxy) is 3. The molecule has 3 rings (SSSR count). The highest BCUT2D eigenvalue weighted by Gasteiger charge is 2.38. The molecule has 0 radical (unpaired) electrons. The molecule has 2 fully saturated rings. The summed E-state index contributed by atoms with van der Waals surface area (Å²) in [6.45, 7) is 3.56. The van der Waals surface area contributed by atoms with Crippen LogP contribution in [0.1, 0.15) is 25.7 Å². The van der Waals surface area contributed by atoms with Gasteiger partial charge in [-0.15, -0.1) is 0 Å². The Labute approximate surface area is 210 Å². The Bertz CT molecular complexity index is 774. The van der Waals surface area contributed by atoms with Gasteiger partial charge in [-0.3, -0.25) is 9.59 Å². The average Bonchev–Trinajstić information content (AvgIpc) is 3.26. The fourth-order valence-corrected chi connectivity index (χ4v) is 5.46. The van der Waals surface area contributed by atoms with Crippen molar-refractivity contribution in [2.45, 2.75) is 37.8 Å². The molecule has 1 saturated carbocycles. The number of carbonyl (C=O) groups excluding carboxylic acids is 2. The molecular formula is C23H36ClN3O6S. The zero-order chi connectivity index (χ0) is 24.3. The molecule has 1 aromatic rings. The van der Waals surface area contributed by atoms with Crippen LogP contribution >= 0.6 is 22.9 Å². The Morgan fingerprint density at radius 1 is 1.24 bits per heavy atom. The molecular weight excluding hydrogens is 482 g/mol. The van der Waals surface area contributed by atoms with Crippen molar-refractivity contribution in [1.82, 2.24) is 15.1 Å². The summed E-state index contributed by atoms with van der Waals surface area (Å²) in [5.41, 5.74) is 0. The number of piperazine rings is 1. The van der Waals surface area contributed by atoms with Gasteiger partial charge in [-0.05, 0) is 43.7 Å². The number of aliphatic hydroxyl groups excluding tert-OH is 1. The highest BCUT2D eigenvalue weighted by molar-refractivity contribution is 7.17. The van der Waals surface area contributed by atoms with Gasteiger partial charge < -0.3 is 34.4 Å². The first-order chi connectivity index (χ1) is 16.5. The predicted molar refractivity (Wildman–Crippen MR) is 130 cm³/mol. The van der Waals surface area contributed by atoms with Crippen molar-refractivity contribution < 1.29 is 28.9 Å². The molecule has 1 aliphatic heterocycles. The van der Waals surface area contributed by atoms with Crippen LogP contribution in [0.25, 0.3) is 0 Å². The zero-order valence-electron chi connectivity index (χ0n) is 19.7. The second-order valence-corrected chi connectivity index (χ2v) is 10.4. The molecule has 2 aliphatic rings. The number of nitrogens with zero attached hydrogens (tertiary/aromatic N) is 2. The molecule has 0 aromatic carbocycles. The van der Waals surface area contributed by atoms with E-state index >= 15 is 0 Å². The molecule has 1 atom stereocenters. The van der Waals surface area contributed by atoms with E-state index in [0.29, 0.717) is 47.7 Å². The Balaban J connectivity index is 1.43. The Hall–Kier alpha value is -1.43. The van der Waals surface area contributed by atoms with Gasteiger partial charge >= 0.3 is 0 Å². The second kappa shape index (κ2) is 14.2. The van der Waals surface area contributed by atoms with Crippen LogP contribution in [0.3, 0.4) is 0 Å². The summed E-state index contributed by atoms with van der Waals surface area (Å²) in [6.07, 6.45) is 4.27. The number of hydrogen-bond acceptors (Lipinski definition) is 8. The molecule has 2 heterocycles. The Morgan fingerprint density at radius 2 is 2.03 bits per heavy atom. The third-order valence-electron chi connectivity index (χ3n) is 6.36. The van der Waals surface area contributed by atoms with E-state index in [1.165, 1.54) is 11.3 Å². The summed E-state index contributed by atoms with van der Waals surface area (Å²) >= 11 is 7.18. The van der Waals surface area contributed by atoms with Crippen molar-refractivity contribution in [3.05, 3.63) is 16.5 Å². The molecule has 0 unspecified atom stereocenters. The number of hydrogen-bond donors (Lipinski definition) is 2. The number of rotatable bonds is 13. The first-order valence-electron chi connectivity index (χ1n) is 11.9. The minimum Gasteiger partial charge on any atom is -0.474 e. The van der Waals surface area contributed by atoms with E-state index in [2.05, 4.69) is 5.32 Å². The van der Waals surface area contributed by atoms with Crippen LogP contribution in [-0.2, 0) is 19.1 Å². The number of nitrogens with one attached hydrogen (secondary N) is 1. The first-order valence-corrected chi connectivity index (χ1v) is 13.1. The third-order valence-corrected chi connectivity index (χ3v) is 7.50. The molecule has 1 aliphatic carbocycles. The smallest absolute Gasteiger partial charge is 0.261 e. The van der Waals surface area contributed by atoms with Crippen molar-refractivity contribution in [1.29, 1.82) is 0 Å². The predicted octanol–water partition coefficient (Wildman–Crippen LogP) is 1.62. The van der Waals surface area contributed by atoms with Gasteiger partial charge in [0.2, 0.25) is 5.91 Å². The fraction of sp³-hybridized carbons (Fsp3) is 0.739. The van der Waals surface area contributed by atoms with Crippen molar-refractivity contribution >= 4 is 34.8 Å². The number of methoxy groups -OCH3 is 1. The summed E-state index contributed by atoms with van der Waals surface area (Å²) in [5, 5.41) is 12.8. The van der Waals surface area contributed by atoms with E-state index in [4.69, 9.17) is 30.9 Å². The molecule has 34 heavy (non-hydrogen) atoms. The summed E-state index contributed by atoms with van der Waals surface area (Å²) < 4.78 is 16.7. The molecule has 0 spiro atoms. The van der Waals surface area contributed by atoms with Crippen LogP contribution in [0, 0.1) is 5.92 Å². The first kappa shape index (κ1) is 27.2. The molecule has 1 aromatic heterocycles. The van der Waals surface area contributed by atoms with Crippen LogP contribution in [0.2, 0.25) is 4.34 Å². The van der Waals surface area contributed by atoms with Gasteiger partial charge in [0.25, 0.3) is 5.91 Å². The molecule has 192 valence electrons. The Kier molecular flexibility index (Phi) is 11.4. The van der Waals surface area contributed by atoms with Crippen LogP contribution in [0.5, 0.6) is 5.06 Å². The van der Waals surface area contributed by atoms with Gasteiger partial charge in [-0.1, -0.05) is 22.9 Å². The number of thiophene rings is 1. The molecule has 0 bridgehead atoms. The van der Waals surface area contributed by atoms with Crippen LogP contribution in [0.15, 0.2) is 12.1 Å². The van der Waals surface area contributed by atoms with E-state index in [9.17, 15) is 9.59 Å². The van der Waals surface area contributed by atoms with Crippen molar-refractivity contribution in [2.24, 2.45) is 5.92 Å². The summed E-state index contributed by atoms with van der Waals surface area (Å²) in [6, 6.07) is 3.29. The number of halogens is 1. The summed E-state index contributed by atoms with van der Waals surface area (Å²) in [7, 11) is 1.54. The lowest BCUT2D eigenvalue weighted by atomic mass is 9.85. The highest BCUT2D eigenvalue weighted by Crippen LogP contribution is 2.29. The average molecular weight is 518 g/mol. The highest BCUT2D eigenvalue weighted by atomic mass is 35.5. The lowest BCUT2D eigenvalue weighted by Gasteiger charge is -2.42. The Morgan fingerprint density at radius 3 is 2.71 bits per heavy atom. The van der Waals surface area contributed by atoms with Gasteiger partial charge in [-0.25, -0.2) is 0 Å². The summed E-state index contributed by atoms with van der Waals surface area (Å²) in [4.78, 5) is 29.5. The second-order valence-electron chi connectivity index (χ2n) is 8.70. The number of aliphatic hydroxyl groups is 1. The zero-order valence-corrected chi connectivity index (χ0v) is 21.3. The van der Waals surface area contributed by atoms with E-state index in [1.807, 2.05) is 4.90 Å². The molecule has 11 heteroatoms. The van der Waals surface area contributed by atoms with Gasteiger partial charge in [0.15, 0.2) is 11.7 Å². The maximum atomic E-state index is 13.2. The minimum absolute atomic E-state index is 0.0513. The molecule has 9 nitrogen and oxygen atoms in total. The van der Waals surface area contributed by atoms with E-state index in [0.717, 1.165) is 38.8 Å².